The van der Waals surface area contributed by atoms with Crippen LogP contribution in [0.4, 0.5) is 0 Å². The van der Waals surface area contributed by atoms with E-state index in [9.17, 15) is 9.90 Å². The van der Waals surface area contributed by atoms with Gasteiger partial charge < -0.3 is 9.52 Å². The first-order valence-corrected chi connectivity index (χ1v) is 5.33. The van der Waals surface area contributed by atoms with Gasteiger partial charge in [0.1, 0.15) is 11.7 Å². The highest BCUT2D eigenvalue weighted by molar-refractivity contribution is 5.75. The van der Waals surface area contributed by atoms with Crippen molar-refractivity contribution in [1.82, 2.24) is 4.98 Å². The van der Waals surface area contributed by atoms with E-state index in [0.717, 1.165) is 25.7 Å². The zero-order chi connectivity index (χ0) is 10.8. The van der Waals surface area contributed by atoms with Crippen molar-refractivity contribution in [2.75, 3.05) is 0 Å². The molecule has 0 spiro atoms. The summed E-state index contributed by atoms with van der Waals surface area (Å²) < 4.78 is 5.21. The lowest BCUT2D eigenvalue weighted by Gasteiger charge is -2.16. The summed E-state index contributed by atoms with van der Waals surface area (Å²) in [5.74, 6) is -0.541. The first-order valence-electron chi connectivity index (χ1n) is 5.33. The van der Waals surface area contributed by atoms with Crippen LogP contribution in [0.3, 0.4) is 0 Å². The van der Waals surface area contributed by atoms with Gasteiger partial charge in [0, 0.05) is 0 Å². The van der Waals surface area contributed by atoms with Gasteiger partial charge in [-0.05, 0) is 25.7 Å². The van der Waals surface area contributed by atoms with Crippen LogP contribution in [0.15, 0.2) is 10.8 Å². The van der Waals surface area contributed by atoms with Gasteiger partial charge >= 0.3 is 5.97 Å². The van der Waals surface area contributed by atoms with Crippen LogP contribution < -0.4 is 0 Å². The number of carboxylic acids is 1. The Kier molecular flexibility index (Phi) is 2.75. The van der Waals surface area contributed by atoms with E-state index in [2.05, 4.69) is 4.98 Å². The molecule has 4 heteroatoms. The lowest BCUT2D eigenvalue weighted by molar-refractivity contribution is -0.140. The lowest BCUT2D eigenvalue weighted by atomic mass is 9.88. The number of aryl methyl sites for hydroxylation is 1. The van der Waals surface area contributed by atoms with Crippen LogP contribution in [0.25, 0.3) is 0 Å². The first kappa shape index (κ1) is 10.2. The van der Waals surface area contributed by atoms with Crippen LogP contribution in [-0.2, 0) is 4.79 Å². The van der Waals surface area contributed by atoms with Crippen LogP contribution in [0.5, 0.6) is 0 Å². The Morgan fingerprint density at radius 1 is 1.60 bits per heavy atom. The van der Waals surface area contributed by atoms with E-state index in [4.69, 9.17) is 4.42 Å². The number of rotatable bonds is 3. The molecule has 0 bridgehead atoms. The third kappa shape index (κ3) is 1.89. The van der Waals surface area contributed by atoms with E-state index in [1.807, 2.05) is 0 Å². The highest BCUT2D eigenvalue weighted by Gasteiger charge is 2.35. The summed E-state index contributed by atoms with van der Waals surface area (Å²) in [5, 5.41) is 9.24. The summed E-state index contributed by atoms with van der Waals surface area (Å²) >= 11 is 0. The molecule has 1 aliphatic carbocycles. The molecule has 1 aromatic rings. The molecule has 1 fully saturated rings. The predicted molar refractivity (Wildman–Crippen MR) is 53.6 cm³/mol. The molecule has 1 heterocycles. The Morgan fingerprint density at radius 3 is 2.73 bits per heavy atom. The summed E-state index contributed by atoms with van der Waals surface area (Å²) in [4.78, 5) is 15.2. The van der Waals surface area contributed by atoms with Gasteiger partial charge in [0.05, 0.1) is 5.69 Å². The molecule has 1 aromatic heterocycles. The number of nitrogens with zero attached hydrogens (tertiary/aromatic N) is 1. The molecule has 1 atom stereocenters. The molecule has 0 radical (unpaired) electrons. The number of aromatic nitrogens is 1. The number of carbonyl (C=O) groups is 1. The molecular weight excluding hydrogens is 194 g/mol. The molecule has 15 heavy (non-hydrogen) atoms. The number of oxazole rings is 1. The van der Waals surface area contributed by atoms with Crippen molar-refractivity contribution < 1.29 is 14.3 Å². The van der Waals surface area contributed by atoms with Crippen molar-refractivity contribution in [3.63, 3.8) is 0 Å². The molecule has 2 rings (SSSR count). The smallest absolute Gasteiger partial charge is 0.314 e. The average molecular weight is 209 g/mol. The second-order valence-electron chi connectivity index (χ2n) is 4.16. The number of carboxylic acid groups (broad SMARTS) is 1. The second-order valence-corrected chi connectivity index (χ2v) is 4.16. The van der Waals surface area contributed by atoms with E-state index in [1.54, 1.807) is 6.92 Å². The Bertz CT molecular complexity index is 352. The van der Waals surface area contributed by atoms with Gasteiger partial charge in [0.2, 0.25) is 0 Å². The Hall–Kier alpha value is -1.32. The number of hydrogen-bond donors (Lipinski definition) is 1. The lowest BCUT2D eigenvalue weighted by Crippen LogP contribution is -2.19. The molecule has 1 aliphatic rings. The number of hydrogen-bond acceptors (Lipinski definition) is 3. The summed E-state index contributed by atoms with van der Waals surface area (Å²) in [6, 6.07) is 0. The maximum absolute atomic E-state index is 11.2. The van der Waals surface area contributed by atoms with Gasteiger partial charge in [-0.15, -0.1) is 0 Å². The molecule has 0 aliphatic heterocycles. The minimum absolute atomic E-state index is 0.217. The monoisotopic (exact) mass is 209 g/mol. The number of aliphatic carboxylic acids is 1. The third-order valence-corrected chi connectivity index (χ3v) is 3.20. The third-order valence-electron chi connectivity index (χ3n) is 3.20. The van der Waals surface area contributed by atoms with E-state index in [-0.39, 0.29) is 5.92 Å². The van der Waals surface area contributed by atoms with Crippen molar-refractivity contribution in [3.8, 4) is 0 Å². The molecule has 82 valence electrons. The van der Waals surface area contributed by atoms with Crippen LogP contribution in [-0.4, -0.2) is 16.1 Å². The van der Waals surface area contributed by atoms with Crippen molar-refractivity contribution in [1.29, 1.82) is 0 Å². The normalized spacial score (nSPS) is 19.3. The largest absolute Gasteiger partial charge is 0.481 e. The van der Waals surface area contributed by atoms with Gasteiger partial charge in [0.25, 0.3) is 0 Å². The molecule has 0 aromatic carbocycles. The molecule has 1 N–H and O–H groups in total. The standard InChI is InChI=1S/C11H15NO3/c1-7-10(15-6-12-7)9(11(13)14)8-4-2-3-5-8/h6,8-9H,2-5H2,1H3,(H,13,14). The maximum atomic E-state index is 11.2. The molecule has 4 nitrogen and oxygen atoms in total. The first-order chi connectivity index (χ1) is 7.20. The molecule has 1 unspecified atom stereocenters. The van der Waals surface area contributed by atoms with Crippen LogP contribution in [0.1, 0.15) is 43.1 Å². The highest BCUT2D eigenvalue weighted by atomic mass is 16.4. The Labute approximate surface area is 88.3 Å². The van der Waals surface area contributed by atoms with E-state index in [1.165, 1.54) is 6.39 Å². The second kappa shape index (κ2) is 4.04. The van der Waals surface area contributed by atoms with Crippen LogP contribution >= 0.6 is 0 Å². The molecule has 1 saturated carbocycles. The SMILES string of the molecule is Cc1ncoc1C(C(=O)O)C1CCCC1. The van der Waals surface area contributed by atoms with Crippen molar-refractivity contribution >= 4 is 5.97 Å². The fourth-order valence-electron chi connectivity index (χ4n) is 2.43. The van der Waals surface area contributed by atoms with E-state index in [0.29, 0.717) is 11.5 Å². The summed E-state index contributed by atoms with van der Waals surface area (Å²) in [6.07, 6.45) is 5.55. The van der Waals surface area contributed by atoms with Gasteiger partial charge in [-0.3, -0.25) is 4.79 Å². The predicted octanol–water partition coefficient (Wildman–Crippen LogP) is 2.34. The minimum atomic E-state index is -0.790. The van der Waals surface area contributed by atoms with Gasteiger partial charge in [-0.1, -0.05) is 12.8 Å². The minimum Gasteiger partial charge on any atom is -0.481 e. The zero-order valence-electron chi connectivity index (χ0n) is 8.77. The zero-order valence-corrected chi connectivity index (χ0v) is 8.77. The quantitative estimate of drug-likeness (QED) is 0.829. The Balaban J connectivity index is 2.27. The average Bonchev–Trinajstić information content (AvgIpc) is 2.79. The van der Waals surface area contributed by atoms with E-state index < -0.39 is 11.9 Å². The van der Waals surface area contributed by atoms with Crippen LogP contribution in [0, 0.1) is 12.8 Å². The molecule has 0 amide bonds. The molecule has 0 saturated heterocycles. The summed E-state index contributed by atoms with van der Waals surface area (Å²) in [5.41, 5.74) is 0.703. The van der Waals surface area contributed by atoms with Gasteiger partial charge in [-0.25, -0.2) is 4.98 Å². The topological polar surface area (TPSA) is 63.3 Å². The van der Waals surface area contributed by atoms with Crippen LogP contribution in [0.2, 0.25) is 0 Å². The van der Waals surface area contributed by atoms with Gasteiger partial charge in [-0.2, -0.15) is 0 Å². The fourth-order valence-corrected chi connectivity index (χ4v) is 2.43. The Morgan fingerprint density at radius 2 is 2.27 bits per heavy atom. The highest BCUT2D eigenvalue weighted by Crippen LogP contribution is 2.38. The van der Waals surface area contributed by atoms with Crippen molar-refractivity contribution in [3.05, 3.63) is 17.8 Å². The van der Waals surface area contributed by atoms with Gasteiger partial charge in [0.15, 0.2) is 6.39 Å². The molecular formula is C11H15NO3. The fraction of sp³-hybridized carbons (Fsp3) is 0.636. The van der Waals surface area contributed by atoms with E-state index >= 15 is 0 Å². The maximum Gasteiger partial charge on any atom is 0.314 e. The van der Waals surface area contributed by atoms with Crippen molar-refractivity contribution in [2.45, 2.75) is 38.5 Å². The van der Waals surface area contributed by atoms with Crippen molar-refractivity contribution in [2.24, 2.45) is 5.92 Å². The summed E-state index contributed by atoms with van der Waals surface area (Å²) in [6.45, 7) is 1.80. The summed E-state index contributed by atoms with van der Waals surface area (Å²) in [7, 11) is 0.